The molecule has 1 unspecified atom stereocenters. The van der Waals surface area contributed by atoms with Crippen molar-refractivity contribution in [1.82, 2.24) is 0 Å². The molecule has 2 N–H and O–H groups in total. The van der Waals surface area contributed by atoms with E-state index in [2.05, 4.69) is 0 Å². The molecule has 1 heterocycles. The molecule has 96 valence electrons. The maximum atomic E-state index is 6.21. The van der Waals surface area contributed by atoms with E-state index >= 15 is 0 Å². The largest absolute Gasteiger partial charge is 0.497 e. The van der Waals surface area contributed by atoms with Crippen molar-refractivity contribution >= 4 is 0 Å². The van der Waals surface area contributed by atoms with E-state index in [0.29, 0.717) is 5.75 Å². The Morgan fingerprint density at radius 3 is 2.50 bits per heavy atom. The minimum Gasteiger partial charge on any atom is -0.497 e. The van der Waals surface area contributed by atoms with Gasteiger partial charge in [0.25, 0.3) is 0 Å². The third-order valence-electron chi connectivity index (χ3n) is 2.96. The molecular weight excluding hydrogens is 230 g/mol. The van der Waals surface area contributed by atoms with Crippen molar-refractivity contribution in [2.45, 2.75) is 13.0 Å². The molecule has 0 fully saturated rings. The molecular formula is C14H17NO3. The smallest absolute Gasteiger partial charge is 0.128 e. The molecule has 0 radical (unpaired) electrons. The highest BCUT2D eigenvalue weighted by molar-refractivity contribution is 5.45. The average Bonchev–Trinajstić information content (AvgIpc) is 2.83. The molecule has 18 heavy (non-hydrogen) atoms. The van der Waals surface area contributed by atoms with Gasteiger partial charge in [-0.15, -0.1) is 0 Å². The molecule has 1 aromatic heterocycles. The summed E-state index contributed by atoms with van der Waals surface area (Å²) in [7, 11) is 3.23. The maximum absolute atomic E-state index is 6.21. The van der Waals surface area contributed by atoms with Crippen molar-refractivity contribution in [2.24, 2.45) is 5.73 Å². The van der Waals surface area contributed by atoms with Crippen LogP contribution in [0, 0.1) is 6.92 Å². The van der Waals surface area contributed by atoms with Crippen LogP contribution < -0.4 is 15.2 Å². The SMILES string of the molecule is COc1ccc(C(N)c2occc2C)c(OC)c1. The van der Waals surface area contributed by atoms with Crippen LogP contribution in [0.1, 0.15) is 22.9 Å². The standard InChI is InChI=1S/C14H17NO3/c1-9-6-7-18-14(9)13(15)11-5-4-10(16-2)8-12(11)17-3/h4-8,13H,15H2,1-3H3. The van der Waals surface area contributed by atoms with Gasteiger partial charge in [-0.25, -0.2) is 0 Å². The van der Waals surface area contributed by atoms with Crippen LogP contribution in [0.15, 0.2) is 34.9 Å². The Morgan fingerprint density at radius 2 is 1.94 bits per heavy atom. The summed E-state index contributed by atoms with van der Waals surface area (Å²) in [4.78, 5) is 0. The summed E-state index contributed by atoms with van der Waals surface area (Å²) in [6, 6.07) is 7.11. The highest BCUT2D eigenvalue weighted by atomic mass is 16.5. The summed E-state index contributed by atoms with van der Waals surface area (Å²) in [6.45, 7) is 1.97. The Labute approximate surface area is 106 Å². The van der Waals surface area contributed by atoms with Gasteiger partial charge in [0.2, 0.25) is 0 Å². The molecule has 4 heteroatoms. The van der Waals surface area contributed by atoms with E-state index in [1.807, 2.05) is 31.2 Å². The molecule has 0 saturated carbocycles. The first kappa shape index (κ1) is 12.5. The molecule has 0 bridgehead atoms. The predicted octanol–water partition coefficient (Wildman–Crippen LogP) is 2.65. The number of aryl methyl sites for hydroxylation is 1. The van der Waals surface area contributed by atoms with E-state index < -0.39 is 0 Å². The van der Waals surface area contributed by atoms with Crippen molar-refractivity contribution in [3.05, 3.63) is 47.4 Å². The summed E-state index contributed by atoms with van der Waals surface area (Å²) in [6.07, 6.45) is 1.64. The molecule has 4 nitrogen and oxygen atoms in total. The second-order valence-electron chi connectivity index (χ2n) is 4.05. The average molecular weight is 247 g/mol. The van der Waals surface area contributed by atoms with Gasteiger partial charge in [0.05, 0.1) is 26.5 Å². The Balaban J connectivity index is 2.41. The quantitative estimate of drug-likeness (QED) is 0.902. The summed E-state index contributed by atoms with van der Waals surface area (Å²) >= 11 is 0. The Hall–Kier alpha value is -1.94. The number of methoxy groups -OCH3 is 2. The molecule has 0 aliphatic heterocycles. The van der Waals surface area contributed by atoms with Crippen LogP contribution in [0.3, 0.4) is 0 Å². The van der Waals surface area contributed by atoms with Gasteiger partial charge in [-0.05, 0) is 30.7 Å². The zero-order valence-corrected chi connectivity index (χ0v) is 10.8. The van der Waals surface area contributed by atoms with Crippen molar-refractivity contribution in [3.63, 3.8) is 0 Å². The molecule has 0 aliphatic rings. The summed E-state index contributed by atoms with van der Waals surface area (Å²) in [5, 5.41) is 0. The Morgan fingerprint density at radius 1 is 1.17 bits per heavy atom. The number of hydrogen-bond donors (Lipinski definition) is 1. The number of ether oxygens (including phenoxy) is 2. The summed E-state index contributed by atoms with van der Waals surface area (Å²) in [5.41, 5.74) is 8.11. The van der Waals surface area contributed by atoms with Gasteiger partial charge in [-0.2, -0.15) is 0 Å². The first-order valence-electron chi connectivity index (χ1n) is 5.69. The minimum atomic E-state index is -0.346. The number of rotatable bonds is 4. The molecule has 0 amide bonds. The summed E-state index contributed by atoms with van der Waals surface area (Å²) in [5.74, 6) is 2.18. The van der Waals surface area contributed by atoms with Crippen LogP contribution in [0.2, 0.25) is 0 Å². The van der Waals surface area contributed by atoms with Gasteiger partial charge in [0.15, 0.2) is 0 Å². The van der Waals surface area contributed by atoms with Crippen LogP contribution >= 0.6 is 0 Å². The maximum Gasteiger partial charge on any atom is 0.128 e. The predicted molar refractivity (Wildman–Crippen MR) is 69.0 cm³/mol. The first-order valence-corrected chi connectivity index (χ1v) is 5.69. The van der Waals surface area contributed by atoms with Gasteiger partial charge in [-0.3, -0.25) is 0 Å². The fraction of sp³-hybridized carbons (Fsp3) is 0.286. The number of furan rings is 1. The van der Waals surface area contributed by atoms with Crippen molar-refractivity contribution < 1.29 is 13.9 Å². The normalized spacial score (nSPS) is 12.2. The van der Waals surface area contributed by atoms with Crippen molar-refractivity contribution in [3.8, 4) is 11.5 Å². The fourth-order valence-corrected chi connectivity index (χ4v) is 1.92. The van der Waals surface area contributed by atoms with E-state index in [1.165, 1.54) is 0 Å². The Bertz CT molecular complexity index is 534. The third-order valence-corrected chi connectivity index (χ3v) is 2.96. The summed E-state index contributed by atoms with van der Waals surface area (Å²) < 4.78 is 15.9. The molecule has 0 saturated heterocycles. The van der Waals surface area contributed by atoms with Crippen LogP contribution in [-0.2, 0) is 0 Å². The van der Waals surface area contributed by atoms with E-state index in [4.69, 9.17) is 19.6 Å². The van der Waals surface area contributed by atoms with Gasteiger partial charge >= 0.3 is 0 Å². The van der Waals surface area contributed by atoms with Crippen LogP contribution in [-0.4, -0.2) is 14.2 Å². The lowest BCUT2D eigenvalue weighted by molar-refractivity contribution is 0.387. The highest BCUT2D eigenvalue weighted by Gasteiger charge is 2.19. The van der Waals surface area contributed by atoms with Crippen LogP contribution in [0.4, 0.5) is 0 Å². The highest BCUT2D eigenvalue weighted by Crippen LogP contribution is 2.32. The van der Waals surface area contributed by atoms with Gasteiger partial charge < -0.3 is 19.6 Å². The number of nitrogens with two attached hydrogens (primary N) is 1. The second-order valence-corrected chi connectivity index (χ2v) is 4.05. The molecule has 1 atom stereocenters. The molecule has 0 spiro atoms. The van der Waals surface area contributed by atoms with Crippen molar-refractivity contribution in [2.75, 3.05) is 14.2 Å². The monoisotopic (exact) mass is 247 g/mol. The Kier molecular flexibility index (Phi) is 3.58. The van der Waals surface area contributed by atoms with E-state index in [-0.39, 0.29) is 6.04 Å². The van der Waals surface area contributed by atoms with Gasteiger partial charge in [0.1, 0.15) is 17.3 Å². The van der Waals surface area contributed by atoms with Crippen LogP contribution in [0.5, 0.6) is 11.5 Å². The van der Waals surface area contributed by atoms with Gasteiger partial charge in [-0.1, -0.05) is 0 Å². The number of hydrogen-bond acceptors (Lipinski definition) is 4. The lowest BCUT2D eigenvalue weighted by atomic mass is 10.0. The molecule has 1 aromatic carbocycles. The lowest BCUT2D eigenvalue weighted by Gasteiger charge is -2.15. The molecule has 0 aliphatic carbocycles. The van der Waals surface area contributed by atoms with E-state index in [1.54, 1.807) is 20.5 Å². The van der Waals surface area contributed by atoms with E-state index in [0.717, 1.165) is 22.6 Å². The third kappa shape index (κ3) is 2.19. The zero-order chi connectivity index (χ0) is 13.1. The topological polar surface area (TPSA) is 57.6 Å². The first-order chi connectivity index (χ1) is 8.67. The molecule has 2 rings (SSSR count). The fourth-order valence-electron chi connectivity index (χ4n) is 1.92. The lowest BCUT2D eigenvalue weighted by Crippen LogP contribution is -2.13. The van der Waals surface area contributed by atoms with Crippen LogP contribution in [0.25, 0.3) is 0 Å². The second kappa shape index (κ2) is 5.14. The molecule has 2 aromatic rings. The zero-order valence-electron chi connectivity index (χ0n) is 10.8. The van der Waals surface area contributed by atoms with Crippen molar-refractivity contribution in [1.29, 1.82) is 0 Å². The van der Waals surface area contributed by atoms with E-state index in [9.17, 15) is 0 Å². The minimum absolute atomic E-state index is 0.346. The number of benzene rings is 1. The van der Waals surface area contributed by atoms with Gasteiger partial charge in [0, 0.05) is 11.6 Å².